The predicted octanol–water partition coefficient (Wildman–Crippen LogP) is 2.70. The molecule has 1 rings (SSSR count). The zero-order valence-corrected chi connectivity index (χ0v) is 8.68. The van der Waals surface area contributed by atoms with E-state index in [1.807, 2.05) is 0 Å². The van der Waals surface area contributed by atoms with Crippen LogP contribution < -0.4 is 5.73 Å². The van der Waals surface area contributed by atoms with E-state index in [2.05, 4.69) is 12.8 Å². The molecule has 0 radical (unpaired) electrons. The number of hydrogen-bond acceptors (Lipinski definition) is 1. The second kappa shape index (κ2) is 4.67. The van der Waals surface area contributed by atoms with Gasteiger partial charge in [-0.3, -0.25) is 0 Å². The van der Waals surface area contributed by atoms with Gasteiger partial charge in [0, 0.05) is 12.5 Å². The van der Waals surface area contributed by atoms with Gasteiger partial charge in [-0.1, -0.05) is 19.8 Å². The predicted molar refractivity (Wildman–Crippen MR) is 57.2 cm³/mol. The summed E-state index contributed by atoms with van der Waals surface area (Å²) in [5.74, 6) is 2.68. The first-order valence-corrected chi connectivity index (χ1v) is 5.44. The molecule has 13 heavy (non-hydrogen) atoms. The van der Waals surface area contributed by atoms with Crippen molar-refractivity contribution in [3.63, 3.8) is 0 Å². The molecule has 0 aliphatic heterocycles. The molecule has 0 amide bonds. The van der Waals surface area contributed by atoms with Gasteiger partial charge in [-0.25, -0.2) is 0 Å². The van der Waals surface area contributed by atoms with E-state index >= 15 is 0 Å². The Morgan fingerprint density at radius 1 is 1.46 bits per heavy atom. The Kier molecular flexibility index (Phi) is 3.81. The lowest BCUT2D eigenvalue weighted by molar-refractivity contribution is 0.212. The molecule has 1 saturated carbocycles. The third kappa shape index (κ3) is 2.25. The highest BCUT2D eigenvalue weighted by Crippen LogP contribution is 2.44. The van der Waals surface area contributed by atoms with Crippen molar-refractivity contribution >= 4 is 0 Å². The van der Waals surface area contributed by atoms with E-state index in [0.29, 0.717) is 11.5 Å². The van der Waals surface area contributed by atoms with Crippen LogP contribution in [-0.4, -0.2) is 6.04 Å². The summed E-state index contributed by atoms with van der Waals surface area (Å²) in [6, 6.07) is 0.330. The van der Waals surface area contributed by atoms with Gasteiger partial charge in [0.25, 0.3) is 0 Å². The maximum atomic E-state index is 6.22. The molecule has 0 bridgehead atoms. The molecule has 0 aromatic rings. The van der Waals surface area contributed by atoms with Crippen molar-refractivity contribution in [1.82, 2.24) is 0 Å². The van der Waals surface area contributed by atoms with E-state index in [1.165, 1.54) is 32.1 Å². The van der Waals surface area contributed by atoms with Crippen molar-refractivity contribution in [2.75, 3.05) is 0 Å². The molecule has 1 heteroatoms. The lowest BCUT2D eigenvalue weighted by Crippen LogP contribution is -2.39. The second-order valence-electron chi connectivity index (χ2n) is 4.27. The molecule has 2 N–H and O–H groups in total. The third-order valence-electron chi connectivity index (χ3n) is 3.69. The number of terminal acetylenes is 1. The fraction of sp³-hybridized carbons (Fsp3) is 0.833. The number of hydrogen-bond donors (Lipinski definition) is 1. The monoisotopic (exact) mass is 179 g/mol. The van der Waals surface area contributed by atoms with Gasteiger partial charge in [-0.2, -0.15) is 0 Å². The average molecular weight is 179 g/mol. The highest BCUT2D eigenvalue weighted by atomic mass is 14.7. The van der Waals surface area contributed by atoms with Crippen LogP contribution in [0.2, 0.25) is 0 Å². The first-order chi connectivity index (χ1) is 6.25. The summed E-state index contributed by atoms with van der Waals surface area (Å²) in [4.78, 5) is 0. The lowest BCUT2D eigenvalue weighted by atomic mass is 9.75. The fourth-order valence-corrected chi connectivity index (χ4v) is 2.61. The van der Waals surface area contributed by atoms with Crippen molar-refractivity contribution in [2.24, 2.45) is 11.1 Å². The molecule has 0 saturated heterocycles. The molecule has 1 atom stereocenters. The summed E-state index contributed by atoms with van der Waals surface area (Å²) in [7, 11) is 0. The van der Waals surface area contributed by atoms with Gasteiger partial charge >= 0.3 is 0 Å². The molecular weight excluding hydrogens is 158 g/mol. The Morgan fingerprint density at radius 2 is 2.08 bits per heavy atom. The van der Waals surface area contributed by atoms with Crippen LogP contribution in [0.15, 0.2) is 0 Å². The zero-order valence-electron chi connectivity index (χ0n) is 8.68. The van der Waals surface area contributed by atoms with E-state index in [0.717, 1.165) is 12.8 Å². The minimum Gasteiger partial charge on any atom is -0.327 e. The first-order valence-electron chi connectivity index (χ1n) is 5.44. The van der Waals surface area contributed by atoms with E-state index in [-0.39, 0.29) is 0 Å². The molecule has 0 heterocycles. The number of rotatable bonds is 4. The SMILES string of the molecule is C#CCCC(N)C1(CC)CCCC1. The van der Waals surface area contributed by atoms with Gasteiger partial charge in [0.2, 0.25) is 0 Å². The van der Waals surface area contributed by atoms with Crippen LogP contribution in [0.5, 0.6) is 0 Å². The Morgan fingerprint density at radius 3 is 2.54 bits per heavy atom. The van der Waals surface area contributed by atoms with E-state index in [1.54, 1.807) is 0 Å². The van der Waals surface area contributed by atoms with Crippen molar-refractivity contribution in [2.45, 2.75) is 57.9 Å². The molecule has 1 nitrogen and oxygen atoms in total. The summed E-state index contributed by atoms with van der Waals surface area (Å²) < 4.78 is 0. The van der Waals surface area contributed by atoms with Gasteiger partial charge < -0.3 is 5.73 Å². The van der Waals surface area contributed by atoms with E-state index in [9.17, 15) is 0 Å². The zero-order chi connectivity index (χ0) is 9.73. The van der Waals surface area contributed by atoms with Gasteiger partial charge in [-0.15, -0.1) is 12.3 Å². The first kappa shape index (κ1) is 10.6. The van der Waals surface area contributed by atoms with E-state index < -0.39 is 0 Å². The number of nitrogens with two attached hydrogens (primary N) is 1. The third-order valence-corrected chi connectivity index (χ3v) is 3.69. The minimum atomic E-state index is 0.330. The summed E-state index contributed by atoms with van der Waals surface area (Å²) in [6.07, 6.45) is 13.7. The van der Waals surface area contributed by atoms with Crippen molar-refractivity contribution < 1.29 is 0 Å². The van der Waals surface area contributed by atoms with Crippen molar-refractivity contribution in [3.8, 4) is 12.3 Å². The quantitative estimate of drug-likeness (QED) is 0.660. The van der Waals surface area contributed by atoms with Crippen LogP contribution in [0.1, 0.15) is 51.9 Å². The highest BCUT2D eigenvalue weighted by molar-refractivity contribution is 4.95. The topological polar surface area (TPSA) is 26.0 Å². The van der Waals surface area contributed by atoms with Gasteiger partial charge in [-0.05, 0) is 31.1 Å². The Balaban J connectivity index is 2.50. The highest BCUT2D eigenvalue weighted by Gasteiger charge is 2.37. The van der Waals surface area contributed by atoms with Crippen LogP contribution in [0, 0.1) is 17.8 Å². The van der Waals surface area contributed by atoms with Gasteiger partial charge in [0.15, 0.2) is 0 Å². The minimum absolute atomic E-state index is 0.330. The van der Waals surface area contributed by atoms with Crippen LogP contribution >= 0.6 is 0 Å². The Hall–Kier alpha value is -0.480. The molecule has 1 unspecified atom stereocenters. The van der Waals surface area contributed by atoms with Crippen LogP contribution in [0.4, 0.5) is 0 Å². The molecular formula is C12H21N. The Labute approximate surface area is 82.1 Å². The molecule has 0 spiro atoms. The molecule has 0 aromatic carbocycles. The van der Waals surface area contributed by atoms with Crippen LogP contribution in [0.25, 0.3) is 0 Å². The van der Waals surface area contributed by atoms with Crippen molar-refractivity contribution in [1.29, 1.82) is 0 Å². The molecule has 74 valence electrons. The fourth-order valence-electron chi connectivity index (χ4n) is 2.61. The summed E-state index contributed by atoms with van der Waals surface area (Å²) in [6.45, 7) is 2.26. The second-order valence-corrected chi connectivity index (χ2v) is 4.27. The normalized spacial score (nSPS) is 22.5. The maximum absolute atomic E-state index is 6.22. The van der Waals surface area contributed by atoms with E-state index in [4.69, 9.17) is 12.2 Å². The average Bonchev–Trinajstić information content (AvgIpc) is 2.63. The standard InChI is InChI=1S/C12H21N/c1-3-5-8-11(13)12(4-2)9-6-7-10-12/h1,11H,4-10,13H2,2H3. The van der Waals surface area contributed by atoms with Gasteiger partial charge in [0.1, 0.15) is 0 Å². The van der Waals surface area contributed by atoms with Crippen molar-refractivity contribution in [3.05, 3.63) is 0 Å². The van der Waals surface area contributed by atoms with Crippen LogP contribution in [0.3, 0.4) is 0 Å². The maximum Gasteiger partial charge on any atom is 0.0104 e. The molecule has 1 aliphatic carbocycles. The summed E-state index contributed by atoms with van der Waals surface area (Å²) >= 11 is 0. The smallest absolute Gasteiger partial charge is 0.0104 e. The van der Waals surface area contributed by atoms with Crippen LogP contribution in [-0.2, 0) is 0 Å². The Bertz CT molecular complexity index is 184. The molecule has 1 aliphatic rings. The summed E-state index contributed by atoms with van der Waals surface area (Å²) in [5.41, 5.74) is 6.64. The lowest BCUT2D eigenvalue weighted by Gasteiger charge is -2.34. The summed E-state index contributed by atoms with van der Waals surface area (Å²) in [5, 5.41) is 0. The molecule has 1 fully saturated rings. The molecule has 0 aromatic heterocycles. The van der Waals surface area contributed by atoms with Gasteiger partial charge in [0.05, 0.1) is 0 Å². The largest absolute Gasteiger partial charge is 0.327 e.